The van der Waals surface area contributed by atoms with E-state index in [1.165, 1.54) is 0 Å². The molecule has 1 atom stereocenters. The normalized spacial score (nSPS) is 12.2. The number of halogens is 1. The van der Waals surface area contributed by atoms with Gasteiger partial charge in [-0.3, -0.25) is 4.79 Å². The summed E-state index contributed by atoms with van der Waals surface area (Å²) in [7, 11) is 1.65. The van der Waals surface area contributed by atoms with Crippen LogP contribution in [0.4, 0.5) is 5.69 Å². The Bertz CT molecular complexity index is 393. The van der Waals surface area contributed by atoms with E-state index in [0.717, 1.165) is 15.7 Å². The van der Waals surface area contributed by atoms with Crippen LogP contribution in [0, 0.1) is 12.8 Å². The van der Waals surface area contributed by atoms with E-state index in [-0.39, 0.29) is 11.8 Å². The highest BCUT2D eigenvalue weighted by molar-refractivity contribution is 9.10. The minimum atomic E-state index is 0.0238. The Morgan fingerprint density at radius 3 is 2.88 bits per heavy atom. The number of hydrogen-bond acceptors (Lipinski definition) is 2. The molecule has 1 unspecified atom stereocenters. The fraction of sp³-hybridized carbons (Fsp3) is 0.462. The molecule has 3 nitrogen and oxygen atoms in total. The predicted octanol–water partition coefficient (Wildman–Crippen LogP) is 3.37. The monoisotopic (exact) mass is 299 g/mol. The quantitative estimate of drug-likeness (QED) is 0.905. The fourth-order valence-electron chi connectivity index (χ4n) is 1.60. The molecule has 4 heteroatoms. The Morgan fingerprint density at radius 2 is 2.24 bits per heavy atom. The summed E-state index contributed by atoms with van der Waals surface area (Å²) >= 11 is 3.44. The zero-order chi connectivity index (χ0) is 12.8. The van der Waals surface area contributed by atoms with Crippen molar-refractivity contribution < 1.29 is 9.53 Å². The van der Waals surface area contributed by atoms with Crippen LogP contribution in [-0.4, -0.2) is 19.6 Å². The van der Waals surface area contributed by atoms with Gasteiger partial charge in [-0.05, 0) is 30.5 Å². The summed E-state index contributed by atoms with van der Waals surface area (Å²) in [5.74, 6) is 0.253. The number of methoxy groups -OCH3 is 1. The summed E-state index contributed by atoms with van der Waals surface area (Å²) < 4.78 is 6.01. The van der Waals surface area contributed by atoms with Gasteiger partial charge < -0.3 is 10.1 Å². The molecule has 0 radical (unpaired) electrons. The first-order valence-corrected chi connectivity index (χ1v) is 6.37. The highest BCUT2D eigenvalue weighted by Crippen LogP contribution is 2.23. The maximum absolute atomic E-state index is 11.8. The summed E-state index contributed by atoms with van der Waals surface area (Å²) in [6.07, 6.45) is 0.472. The second-order valence-corrected chi connectivity index (χ2v) is 5.08. The molecule has 94 valence electrons. The van der Waals surface area contributed by atoms with E-state index in [1.807, 2.05) is 32.0 Å². The van der Waals surface area contributed by atoms with Crippen molar-refractivity contribution in [3.05, 3.63) is 28.2 Å². The SMILES string of the molecule is COCC(C)CC(=O)Nc1cccc(Br)c1C. The third kappa shape index (κ3) is 4.48. The van der Waals surface area contributed by atoms with E-state index >= 15 is 0 Å². The second kappa shape index (κ2) is 6.77. The maximum Gasteiger partial charge on any atom is 0.224 e. The average Bonchev–Trinajstić information content (AvgIpc) is 2.25. The fourth-order valence-corrected chi connectivity index (χ4v) is 1.97. The van der Waals surface area contributed by atoms with Gasteiger partial charge in [-0.1, -0.05) is 28.9 Å². The highest BCUT2D eigenvalue weighted by atomic mass is 79.9. The van der Waals surface area contributed by atoms with E-state index in [1.54, 1.807) is 7.11 Å². The summed E-state index contributed by atoms with van der Waals surface area (Å²) in [5, 5.41) is 2.92. The van der Waals surface area contributed by atoms with Crippen LogP contribution in [0.5, 0.6) is 0 Å². The van der Waals surface area contributed by atoms with E-state index in [9.17, 15) is 4.79 Å². The standard InChI is InChI=1S/C13H18BrNO2/c1-9(8-17-3)7-13(16)15-12-6-4-5-11(14)10(12)2/h4-6,9H,7-8H2,1-3H3,(H,15,16). The zero-order valence-corrected chi connectivity index (χ0v) is 12.0. The Kier molecular flexibility index (Phi) is 5.65. The third-order valence-electron chi connectivity index (χ3n) is 2.53. The summed E-state index contributed by atoms with van der Waals surface area (Å²) in [6.45, 7) is 4.57. The Morgan fingerprint density at radius 1 is 1.53 bits per heavy atom. The molecule has 0 spiro atoms. The predicted molar refractivity (Wildman–Crippen MR) is 73.2 cm³/mol. The highest BCUT2D eigenvalue weighted by Gasteiger charge is 2.10. The molecule has 0 saturated heterocycles. The lowest BCUT2D eigenvalue weighted by Gasteiger charge is -2.12. The molecule has 0 aliphatic heterocycles. The molecule has 0 aliphatic carbocycles. The molecule has 0 bridgehead atoms. The minimum Gasteiger partial charge on any atom is -0.384 e. The lowest BCUT2D eigenvalue weighted by Crippen LogP contribution is -2.18. The number of nitrogens with one attached hydrogen (secondary N) is 1. The van der Waals surface area contributed by atoms with Gasteiger partial charge >= 0.3 is 0 Å². The summed E-state index contributed by atoms with van der Waals surface area (Å²) in [6, 6.07) is 5.77. The molecule has 0 heterocycles. The summed E-state index contributed by atoms with van der Waals surface area (Å²) in [4.78, 5) is 11.8. The van der Waals surface area contributed by atoms with Crippen molar-refractivity contribution in [2.45, 2.75) is 20.3 Å². The Hall–Kier alpha value is -0.870. The number of hydrogen-bond donors (Lipinski definition) is 1. The van der Waals surface area contributed by atoms with Gasteiger partial charge in [0.15, 0.2) is 0 Å². The van der Waals surface area contributed by atoms with Gasteiger partial charge in [0.2, 0.25) is 5.91 Å². The van der Waals surface area contributed by atoms with Crippen LogP contribution in [0.3, 0.4) is 0 Å². The van der Waals surface area contributed by atoms with Gasteiger partial charge in [0.1, 0.15) is 0 Å². The first kappa shape index (κ1) is 14.2. The van der Waals surface area contributed by atoms with Gasteiger partial charge in [0.05, 0.1) is 0 Å². The van der Waals surface area contributed by atoms with Crippen LogP contribution in [0.1, 0.15) is 18.9 Å². The molecule has 0 fully saturated rings. The van der Waals surface area contributed by atoms with Crippen LogP contribution < -0.4 is 5.32 Å². The molecule has 1 aromatic rings. The minimum absolute atomic E-state index is 0.0238. The summed E-state index contributed by atoms with van der Waals surface area (Å²) in [5.41, 5.74) is 1.90. The third-order valence-corrected chi connectivity index (χ3v) is 3.39. The number of benzene rings is 1. The van der Waals surface area contributed by atoms with Crippen LogP contribution in [0.15, 0.2) is 22.7 Å². The molecule has 0 saturated carbocycles. The first-order chi connectivity index (χ1) is 8.04. The Balaban J connectivity index is 2.59. The molecule has 1 amide bonds. The van der Waals surface area contributed by atoms with Crippen molar-refractivity contribution in [1.82, 2.24) is 0 Å². The largest absolute Gasteiger partial charge is 0.384 e. The molecular weight excluding hydrogens is 282 g/mol. The van der Waals surface area contributed by atoms with E-state index in [4.69, 9.17) is 4.74 Å². The lowest BCUT2D eigenvalue weighted by atomic mass is 10.1. The average molecular weight is 300 g/mol. The van der Waals surface area contributed by atoms with Crippen molar-refractivity contribution in [3.8, 4) is 0 Å². The van der Waals surface area contributed by atoms with Gasteiger partial charge in [-0.15, -0.1) is 0 Å². The van der Waals surface area contributed by atoms with Gasteiger partial charge in [-0.25, -0.2) is 0 Å². The molecule has 0 aromatic heterocycles. The Labute approximate surface area is 111 Å². The molecule has 0 aliphatic rings. The van der Waals surface area contributed by atoms with E-state index in [2.05, 4.69) is 21.2 Å². The van der Waals surface area contributed by atoms with E-state index in [0.29, 0.717) is 13.0 Å². The molecule has 1 rings (SSSR count). The van der Waals surface area contributed by atoms with Crippen molar-refractivity contribution in [2.75, 3.05) is 19.0 Å². The molecule has 1 N–H and O–H groups in total. The van der Waals surface area contributed by atoms with Crippen molar-refractivity contribution >= 4 is 27.5 Å². The lowest BCUT2D eigenvalue weighted by molar-refractivity contribution is -0.117. The van der Waals surface area contributed by atoms with Gasteiger partial charge in [-0.2, -0.15) is 0 Å². The molecular formula is C13H18BrNO2. The van der Waals surface area contributed by atoms with Crippen LogP contribution in [-0.2, 0) is 9.53 Å². The maximum atomic E-state index is 11.8. The number of amides is 1. The van der Waals surface area contributed by atoms with Crippen molar-refractivity contribution in [1.29, 1.82) is 0 Å². The topological polar surface area (TPSA) is 38.3 Å². The van der Waals surface area contributed by atoms with Gasteiger partial charge in [0, 0.05) is 30.3 Å². The number of anilines is 1. The number of carbonyl (C=O) groups is 1. The second-order valence-electron chi connectivity index (χ2n) is 4.23. The molecule has 17 heavy (non-hydrogen) atoms. The smallest absolute Gasteiger partial charge is 0.224 e. The van der Waals surface area contributed by atoms with Crippen LogP contribution >= 0.6 is 15.9 Å². The van der Waals surface area contributed by atoms with Crippen LogP contribution in [0.2, 0.25) is 0 Å². The number of ether oxygens (including phenoxy) is 1. The van der Waals surface area contributed by atoms with Gasteiger partial charge in [0.25, 0.3) is 0 Å². The van der Waals surface area contributed by atoms with Crippen molar-refractivity contribution in [2.24, 2.45) is 5.92 Å². The molecule has 1 aromatic carbocycles. The number of rotatable bonds is 5. The first-order valence-electron chi connectivity index (χ1n) is 5.58. The van der Waals surface area contributed by atoms with Crippen molar-refractivity contribution in [3.63, 3.8) is 0 Å². The van der Waals surface area contributed by atoms with Crippen LogP contribution in [0.25, 0.3) is 0 Å². The number of carbonyl (C=O) groups excluding carboxylic acids is 1. The zero-order valence-electron chi connectivity index (χ0n) is 10.4. The van der Waals surface area contributed by atoms with E-state index < -0.39 is 0 Å².